The van der Waals surface area contributed by atoms with Crippen molar-refractivity contribution in [2.45, 2.75) is 25.3 Å². The Kier molecular flexibility index (Phi) is 4.95. The second kappa shape index (κ2) is 6.93. The molecule has 1 amide bonds. The number of nitrogens with one attached hydrogen (secondary N) is 2. The van der Waals surface area contributed by atoms with E-state index >= 15 is 0 Å². The van der Waals surface area contributed by atoms with Gasteiger partial charge in [-0.05, 0) is 19.4 Å². The first-order valence-electron chi connectivity index (χ1n) is 7.46. The molecule has 1 saturated heterocycles. The molecule has 0 atom stereocenters. The van der Waals surface area contributed by atoms with Gasteiger partial charge < -0.3 is 10.6 Å². The van der Waals surface area contributed by atoms with Crippen LogP contribution in [-0.2, 0) is 4.79 Å². The zero-order chi connectivity index (χ0) is 15.5. The number of hydrogen-bond donors (Lipinski definition) is 2. The molecule has 7 heteroatoms. The molecule has 0 unspecified atom stereocenters. The van der Waals surface area contributed by atoms with Gasteiger partial charge in [0, 0.05) is 48.0 Å². The van der Waals surface area contributed by atoms with Crippen LogP contribution in [0.4, 0.5) is 0 Å². The number of thiophene rings is 1. The van der Waals surface area contributed by atoms with Gasteiger partial charge in [0.05, 0.1) is 0 Å². The number of aryl methyl sites for hydroxylation is 2. The summed E-state index contributed by atoms with van der Waals surface area (Å²) in [5.41, 5.74) is 1.25. The Bertz CT molecular complexity index is 681. The number of amides is 1. The summed E-state index contributed by atoms with van der Waals surface area (Å²) in [5, 5.41) is 8.34. The quantitative estimate of drug-likeness (QED) is 0.625. The Morgan fingerprint density at radius 1 is 1.45 bits per heavy atom. The molecule has 0 saturated carbocycles. The van der Waals surface area contributed by atoms with Crippen LogP contribution in [0.5, 0.6) is 0 Å². The summed E-state index contributed by atoms with van der Waals surface area (Å²) in [4.78, 5) is 22.9. The molecule has 2 aromatic rings. The molecule has 2 aromatic heterocycles. The fourth-order valence-corrected chi connectivity index (χ4v) is 4.40. The standard InChI is InChI=1S/C15H20N4OS2/c1-9-10(2)22-15-13(9)14(18-8-19-15)21-4-3-12(20)17-7-11-5-16-6-11/h8,11,16H,3-7H2,1-2H3,(H,17,20). The van der Waals surface area contributed by atoms with Crippen LogP contribution in [0.3, 0.4) is 0 Å². The molecule has 1 aliphatic rings. The van der Waals surface area contributed by atoms with Crippen molar-refractivity contribution in [3.8, 4) is 0 Å². The highest BCUT2D eigenvalue weighted by molar-refractivity contribution is 7.99. The number of carbonyl (C=O) groups excluding carboxylic acids is 1. The number of hydrogen-bond acceptors (Lipinski definition) is 6. The molecule has 1 aliphatic heterocycles. The van der Waals surface area contributed by atoms with Crippen molar-refractivity contribution < 1.29 is 4.79 Å². The predicted octanol–water partition coefficient (Wildman–Crippen LogP) is 2.13. The van der Waals surface area contributed by atoms with E-state index in [1.165, 1.54) is 10.4 Å². The summed E-state index contributed by atoms with van der Waals surface area (Å²) in [6, 6.07) is 0. The van der Waals surface area contributed by atoms with E-state index in [1.54, 1.807) is 29.4 Å². The zero-order valence-electron chi connectivity index (χ0n) is 12.8. The van der Waals surface area contributed by atoms with Gasteiger partial charge in [-0.25, -0.2) is 9.97 Å². The molecule has 0 spiro atoms. The highest BCUT2D eigenvalue weighted by Crippen LogP contribution is 2.34. The average molecular weight is 336 g/mol. The van der Waals surface area contributed by atoms with E-state index in [0.29, 0.717) is 12.3 Å². The van der Waals surface area contributed by atoms with E-state index in [4.69, 9.17) is 0 Å². The molecule has 5 nitrogen and oxygen atoms in total. The molecule has 22 heavy (non-hydrogen) atoms. The number of fused-ring (bicyclic) bond motifs is 1. The maximum Gasteiger partial charge on any atom is 0.220 e. The van der Waals surface area contributed by atoms with Crippen LogP contribution in [0.15, 0.2) is 11.4 Å². The van der Waals surface area contributed by atoms with E-state index in [0.717, 1.165) is 40.6 Å². The first kappa shape index (κ1) is 15.7. The topological polar surface area (TPSA) is 66.9 Å². The molecule has 0 radical (unpaired) electrons. The van der Waals surface area contributed by atoms with Crippen molar-refractivity contribution in [2.75, 3.05) is 25.4 Å². The molecule has 2 N–H and O–H groups in total. The molecule has 0 aliphatic carbocycles. The third kappa shape index (κ3) is 3.42. The Morgan fingerprint density at radius 2 is 2.27 bits per heavy atom. The lowest BCUT2D eigenvalue weighted by atomic mass is 10.0. The van der Waals surface area contributed by atoms with Crippen molar-refractivity contribution in [2.24, 2.45) is 5.92 Å². The third-order valence-electron chi connectivity index (χ3n) is 3.95. The average Bonchev–Trinajstić information content (AvgIpc) is 2.73. The van der Waals surface area contributed by atoms with E-state index in [1.807, 2.05) is 0 Å². The van der Waals surface area contributed by atoms with E-state index in [-0.39, 0.29) is 5.91 Å². The fraction of sp³-hybridized carbons (Fsp3) is 0.533. The lowest BCUT2D eigenvalue weighted by Crippen LogP contribution is -2.48. The largest absolute Gasteiger partial charge is 0.356 e. The van der Waals surface area contributed by atoms with Gasteiger partial charge in [0.1, 0.15) is 16.2 Å². The Morgan fingerprint density at radius 3 is 3.00 bits per heavy atom. The SMILES string of the molecule is Cc1sc2ncnc(SCCC(=O)NCC3CNC3)c2c1C. The highest BCUT2D eigenvalue weighted by atomic mass is 32.2. The summed E-state index contributed by atoms with van der Waals surface area (Å²) in [6.45, 7) is 7.05. The summed E-state index contributed by atoms with van der Waals surface area (Å²) in [7, 11) is 0. The van der Waals surface area contributed by atoms with Gasteiger partial charge in [0.2, 0.25) is 5.91 Å². The smallest absolute Gasteiger partial charge is 0.220 e. The number of aromatic nitrogens is 2. The summed E-state index contributed by atoms with van der Waals surface area (Å²) < 4.78 is 0. The van der Waals surface area contributed by atoms with Crippen LogP contribution < -0.4 is 10.6 Å². The Hall–Kier alpha value is -1.18. The molecule has 1 fully saturated rings. The second-order valence-corrected chi connectivity index (χ2v) is 7.86. The Balaban J connectivity index is 1.54. The number of carbonyl (C=O) groups is 1. The lowest BCUT2D eigenvalue weighted by molar-refractivity contribution is -0.120. The van der Waals surface area contributed by atoms with Crippen molar-refractivity contribution in [1.82, 2.24) is 20.6 Å². The van der Waals surface area contributed by atoms with E-state index in [9.17, 15) is 4.79 Å². The molecular weight excluding hydrogens is 316 g/mol. The molecule has 3 heterocycles. The summed E-state index contributed by atoms with van der Waals surface area (Å²) in [5.74, 6) is 1.48. The second-order valence-electron chi connectivity index (χ2n) is 5.57. The Labute approximate surface area is 138 Å². The molecular formula is C15H20N4OS2. The predicted molar refractivity (Wildman–Crippen MR) is 91.6 cm³/mol. The van der Waals surface area contributed by atoms with Gasteiger partial charge in [-0.2, -0.15) is 0 Å². The maximum atomic E-state index is 11.8. The van der Waals surface area contributed by atoms with E-state index < -0.39 is 0 Å². The van der Waals surface area contributed by atoms with Crippen LogP contribution in [0.25, 0.3) is 10.2 Å². The van der Waals surface area contributed by atoms with Crippen molar-refractivity contribution in [1.29, 1.82) is 0 Å². The zero-order valence-corrected chi connectivity index (χ0v) is 14.4. The fourth-order valence-electron chi connectivity index (χ4n) is 2.34. The highest BCUT2D eigenvalue weighted by Gasteiger charge is 2.17. The van der Waals surface area contributed by atoms with Gasteiger partial charge in [-0.1, -0.05) is 0 Å². The van der Waals surface area contributed by atoms with Gasteiger partial charge in [-0.15, -0.1) is 23.1 Å². The van der Waals surface area contributed by atoms with Crippen molar-refractivity contribution >= 4 is 39.2 Å². The first-order valence-corrected chi connectivity index (χ1v) is 9.26. The third-order valence-corrected chi connectivity index (χ3v) is 6.06. The molecule has 3 rings (SSSR count). The van der Waals surface area contributed by atoms with Crippen molar-refractivity contribution in [3.05, 3.63) is 16.8 Å². The van der Waals surface area contributed by atoms with Crippen LogP contribution >= 0.6 is 23.1 Å². The normalized spacial score (nSPS) is 15.0. The monoisotopic (exact) mass is 336 g/mol. The maximum absolute atomic E-state index is 11.8. The van der Waals surface area contributed by atoms with Gasteiger partial charge in [-0.3, -0.25) is 4.79 Å². The molecule has 0 aromatic carbocycles. The number of nitrogens with zero attached hydrogens (tertiary/aromatic N) is 2. The van der Waals surface area contributed by atoms with Crippen molar-refractivity contribution in [3.63, 3.8) is 0 Å². The van der Waals surface area contributed by atoms with Crippen LogP contribution in [-0.4, -0.2) is 41.3 Å². The number of rotatable bonds is 6. The van der Waals surface area contributed by atoms with Gasteiger partial charge in [0.15, 0.2) is 0 Å². The first-order chi connectivity index (χ1) is 10.6. The van der Waals surface area contributed by atoms with Crippen LogP contribution in [0.1, 0.15) is 16.9 Å². The lowest BCUT2D eigenvalue weighted by Gasteiger charge is -2.27. The van der Waals surface area contributed by atoms with Gasteiger partial charge in [0.25, 0.3) is 0 Å². The number of thioether (sulfide) groups is 1. The minimum atomic E-state index is 0.128. The van der Waals surface area contributed by atoms with E-state index in [2.05, 4.69) is 34.4 Å². The summed E-state index contributed by atoms with van der Waals surface area (Å²) in [6.07, 6.45) is 2.14. The van der Waals surface area contributed by atoms with Crippen LogP contribution in [0, 0.1) is 19.8 Å². The minimum absolute atomic E-state index is 0.128. The minimum Gasteiger partial charge on any atom is -0.356 e. The molecule has 0 bridgehead atoms. The van der Waals surface area contributed by atoms with Crippen LogP contribution in [0.2, 0.25) is 0 Å². The van der Waals surface area contributed by atoms with Gasteiger partial charge >= 0.3 is 0 Å². The molecule has 118 valence electrons. The summed E-state index contributed by atoms with van der Waals surface area (Å²) >= 11 is 3.35.